The number of likely N-dealkylation sites (N-methyl/N-ethyl adjacent to an activating group) is 1. The number of nitrogens with zero attached hydrogens (tertiary/aromatic N) is 4. The Balaban J connectivity index is 1.67. The number of hydrogen-bond acceptors (Lipinski definition) is 8. The van der Waals surface area contributed by atoms with Crippen LogP contribution in [0.1, 0.15) is 54.4 Å². The minimum atomic E-state index is -4.51. The molecule has 202 valence electrons. The van der Waals surface area contributed by atoms with E-state index in [4.69, 9.17) is 5.73 Å². The van der Waals surface area contributed by atoms with E-state index in [1.54, 1.807) is 4.90 Å². The number of piperazine rings is 1. The number of carbonyl (C=O) groups is 1. The largest absolute Gasteiger partial charge is 0.418 e. The van der Waals surface area contributed by atoms with Crippen molar-refractivity contribution in [3.63, 3.8) is 0 Å². The number of aryl methyl sites for hydroxylation is 1. The Kier molecular flexibility index (Phi) is 8.08. The molecule has 37 heavy (non-hydrogen) atoms. The van der Waals surface area contributed by atoms with Crippen molar-refractivity contribution in [2.45, 2.75) is 57.3 Å². The van der Waals surface area contributed by atoms with Gasteiger partial charge in [-0.25, -0.2) is 9.97 Å². The van der Waals surface area contributed by atoms with Gasteiger partial charge in [0.05, 0.1) is 23.0 Å². The quantitative estimate of drug-likeness (QED) is 0.438. The standard InChI is InChI=1S/C25H34F3N7O2/c1-3-19-23(30-15-4-7-17(36)8-5-15)33-24(21(32-19)22(29)37)31-16-6-9-18(25(26,27)28)20(14-16)35-12-10-34(2)11-13-35/h6,9,14-15,17,36H,3-5,7-8,10-13H2,1-2H3,(H2,29,37)(H2,30,31,33)/t15-,17-. The highest BCUT2D eigenvalue weighted by Crippen LogP contribution is 2.39. The number of carbonyl (C=O) groups excluding carboxylic acids is 1. The van der Waals surface area contributed by atoms with E-state index in [9.17, 15) is 23.1 Å². The van der Waals surface area contributed by atoms with Crippen molar-refractivity contribution < 1.29 is 23.1 Å². The van der Waals surface area contributed by atoms with Crippen LogP contribution in [0.25, 0.3) is 0 Å². The predicted octanol–water partition coefficient (Wildman–Crippen LogP) is 3.37. The highest BCUT2D eigenvalue weighted by molar-refractivity contribution is 5.96. The summed E-state index contributed by atoms with van der Waals surface area (Å²) in [6, 6.07) is 3.88. The fourth-order valence-electron chi connectivity index (χ4n) is 4.80. The average molecular weight is 522 g/mol. The molecule has 1 saturated carbocycles. The zero-order chi connectivity index (χ0) is 26.7. The van der Waals surface area contributed by atoms with Gasteiger partial charge in [0.15, 0.2) is 11.5 Å². The molecule has 1 amide bonds. The number of aromatic nitrogens is 2. The summed E-state index contributed by atoms with van der Waals surface area (Å²) in [7, 11) is 1.94. The van der Waals surface area contributed by atoms with Gasteiger partial charge >= 0.3 is 6.18 Å². The summed E-state index contributed by atoms with van der Waals surface area (Å²) in [6.07, 6.45) is -1.44. The molecule has 2 aliphatic rings. The normalized spacial score (nSPS) is 21.1. The Morgan fingerprint density at radius 1 is 1.11 bits per heavy atom. The van der Waals surface area contributed by atoms with Crippen LogP contribution in [0.2, 0.25) is 0 Å². The van der Waals surface area contributed by atoms with Gasteiger partial charge in [-0.05, 0) is 57.4 Å². The zero-order valence-corrected chi connectivity index (χ0v) is 21.1. The number of hydrogen-bond donors (Lipinski definition) is 4. The van der Waals surface area contributed by atoms with Crippen molar-refractivity contribution >= 4 is 28.9 Å². The third kappa shape index (κ3) is 6.42. The highest BCUT2D eigenvalue weighted by Gasteiger charge is 2.35. The first-order chi connectivity index (χ1) is 17.5. The fourth-order valence-corrected chi connectivity index (χ4v) is 4.80. The van der Waals surface area contributed by atoms with Crippen LogP contribution in [0.15, 0.2) is 18.2 Å². The number of benzene rings is 1. The van der Waals surface area contributed by atoms with Gasteiger partial charge < -0.3 is 31.3 Å². The minimum absolute atomic E-state index is 0.0727. The maximum absolute atomic E-state index is 13.8. The molecule has 0 spiro atoms. The first-order valence-corrected chi connectivity index (χ1v) is 12.6. The first-order valence-electron chi connectivity index (χ1n) is 12.6. The van der Waals surface area contributed by atoms with Crippen LogP contribution in [0, 0.1) is 0 Å². The van der Waals surface area contributed by atoms with Gasteiger partial charge in [-0.1, -0.05) is 6.92 Å². The highest BCUT2D eigenvalue weighted by atomic mass is 19.4. The van der Waals surface area contributed by atoms with Crippen molar-refractivity contribution in [2.24, 2.45) is 5.73 Å². The number of aliphatic hydroxyl groups is 1. The number of rotatable bonds is 7. The number of nitrogens with two attached hydrogens (primary N) is 1. The second-order valence-corrected chi connectivity index (χ2v) is 9.73. The molecule has 2 fully saturated rings. The van der Waals surface area contributed by atoms with Crippen molar-refractivity contribution in [3.8, 4) is 0 Å². The molecule has 4 rings (SSSR count). The van der Waals surface area contributed by atoms with E-state index in [1.165, 1.54) is 12.1 Å². The summed E-state index contributed by atoms with van der Waals surface area (Å²) in [6.45, 7) is 4.11. The molecule has 9 nitrogen and oxygen atoms in total. The third-order valence-corrected chi connectivity index (χ3v) is 6.98. The number of halogens is 3. The number of anilines is 4. The Bertz CT molecular complexity index is 1110. The molecule has 0 bridgehead atoms. The zero-order valence-electron chi connectivity index (χ0n) is 21.1. The molecule has 2 aromatic rings. The van der Waals surface area contributed by atoms with Gasteiger partial charge in [-0.15, -0.1) is 0 Å². The summed E-state index contributed by atoms with van der Waals surface area (Å²) >= 11 is 0. The number of aliphatic hydroxyl groups excluding tert-OH is 1. The maximum Gasteiger partial charge on any atom is 0.418 e. The van der Waals surface area contributed by atoms with E-state index in [0.717, 1.165) is 18.9 Å². The van der Waals surface area contributed by atoms with Gasteiger partial charge in [0, 0.05) is 37.9 Å². The average Bonchev–Trinajstić information content (AvgIpc) is 2.85. The van der Waals surface area contributed by atoms with E-state index in [1.807, 2.05) is 14.0 Å². The summed E-state index contributed by atoms with van der Waals surface area (Å²) in [5.41, 5.74) is 5.78. The Hall–Kier alpha value is -3.12. The molecule has 1 saturated heterocycles. The van der Waals surface area contributed by atoms with Gasteiger partial charge in [-0.2, -0.15) is 13.2 Å². The molecule has 5 N–H and O–H groups in total. The second-order valence-electron chi connectivity index (χ2n) is 9.73. The lowest BCUT2D eigenvalue weighted by atomic mass is 9.93. The van der Waals surface area contributed by atoms with Crippen LogP contribution in [0.3, 0.4) is 0 Å². The Morgan fingerprint density at radius 2 is 1.78 bits per heavy atom. The predicted molar refractivity (Wildman–Crippen MR) is 136 cm³/mol. The smallest absolute Gasteiger partial charge is 0.393 e. The van der Waals surface area contributed by atoms with E-state index in [2.05, 4.69) is 25.5 Å². The van der Waals surface area contributed by atoms with E-state index in [-0.39, 0.29) is 29.3 Å². The van der Waals surface area contributed by atoms with Crippen LogP contribution in [0.5, 0.6) is 0 Å². The number of alkyl halides is 3. The second kappa shape index (κ2) is 11.1. The summed E-state index contributed by atoms with van der Waals surface area (Å²) in [5.74, 6) is -0.224. The molecule has 1 aliphatic carbocycles. The molecule has 1 aromatic heterocycles. The molecular formula is C25H34F3N7O2. The maximum atomic E-state index is 13.8. The molecule has 1 aliphatic heterocycles. The van der Waals surface area contributed by atoms with E-state index < -0.39 is 17.6 Å². The molecule has 0 unspecified atom stereocenters. The summed E-state index contributed by atoms with van der Waals surface area (Å²) in [4.78, 5) is 25.0. The lowest BCUT2D eigenvalue weighted by Gasteiger charge is -2.35. The SMILES string of the molecule is CCc1nc(C(N)=O)c(Nc2ccc(C(F)(F)F)c(N3CCN(C)CC3)c2)nc1N[C@H]1CC[C@H](O)CC1. The van der Waals surface area contributed by atoms with Gasteiger partial charge in [0.1, 0.15) is 5.82 Å². The molecule has 1 aromatic carbocycles. The van der Waals surface area contributed by atoms with Gasteiger partial charge in [0.2, 0.25) is 0 Å². The number of amides is 1. The van der Waals surface area contributed by atoms with Crippen LogP contribution in [-0.2, 0) is 12.6 Å². The Labute approximate surface area is 214 Å². The number of primary amides is 1. The van der Waals surface area contributed by atoms with Crippen molar-refractivity contribution in [1.82, 2.24) is 14.9 Å². The third-order valence-electron chi connectivity index (χ3n) is 6.98. The van der Waals surface area contributed by atoms with Crippen molar-refractivity contribution in [3.05, 3.63) is 35.2 Å². The monoisotopic (exact) mass is 521 g/mol. The Morgan fingerprint density at radius 3 is 2.38 bits per heavy atom. The molecule has 0 radical (unpaired) electrons. The molecular weight excluding hydrogens is 487 g/mol. The van der Waals surface area contributed by atoms with Gasteiger partial charge in [0.25, 0.3) is 5.91 Å². The van der Waals surface area contributed by atoms with E-state index in [0.29, 0.717) is 62.6 Å². The van der Waals surface area contributed by atoms with Gasteiger partial charge in [-0.3, -0.25) is 4.79 Å². The lowest BCUT2D eigenvalue weighted by Crippen LogP contribution is -2.45. The molecule has 0 atom stereocenters. The number of nitrogens with one attached hydrogen (secondary N) is 2. The van der Waals surface area contributed by atoms with Crippen molar-refractivity contribution in [2.75, 3.05) is 48.8 Å². The molecule has 2 heterocycles. The van der Waals surface area contributed by atoms with Crippen LogP contribution < -0.4 is 21.3 Å². The van der Waals surface area contributed by atoms with Crippen LogP contribution in [0.4, 0.5) is 36.2 Å². The fraction of sp³-hybridized carbons (Fsp3) is 0.560. The summed E-state index contributed by atoms with van der Waals surface area (Å²) < 4.78 is 41.5. The van der Waals surface area contributed by atoms with E-state index >= 15 is 0 Å². The van der Waals surface area contributed by atoms with Crippen LogP contribution >= 0.6 is 0 Å². The minimum Gasteiger partial charge on any atom is -0.393 e. The van der Waals surface area contributed by atoms with Crippen LogP contribution in [-0.4, -0.2) is 71.3 Å². The summed E-state index contributed by atoms with van der Waals surface area (Å²) in [5, 5.41) is 16.2. The first kappa shape index (κ1) is 26.9. The van der Waals surface area contributed by atoms with Crippen molar-refractivity contribution in [1.29, 1.82) is 0 Å². The molecule has 12 heteroatoms. The lowest BCUT2D eigenvalue weighted by molar-refractivity contribution is -0.137. The topological polar surface area (TPSA) is 120 Å².